The van der Waals surface area contributed by atoms with Crippen LogP contribution in [-0.2, 0) is 17.5 Å². The fraction of sp³-hybridized carbons (Fsp3) is 0.435. The van der Waals surface area contributed by atoms with Crippen LogP contribution in [0.15, 0.2) is 41.3 Å². The highest BCUT2D eigenvalue weighted by Crippen LogP contribution is 2.32. The molecule has 0 saturated carbocycles. The van der Waals surface area contributed by atoms with Gasteiger partial charge in [0.2, 0.25) is 0 Å². The maximum atomic E-state index is 13.1. The topological polar surface area (TPSA) is 69.0 Å². The molecule has 0 radical (unpaired) electrons. The maximum Gasteiger partial charge on any atom is 0.416 e. The predicted octanol–water partition coefficient (Wildman–Crippen LogP) is 4.72. The van der Waals surface area contributed by atoms with Gasteiger partial charge in [-0.2, -0.15) is 18.3 Å². The van der Waals surface area contributed by atoms with Gasteiger partial charge < -0.3 is 14.6 Å². The number of benzene rings is 1. The molecule has 0 bridgehead atoms. The van der Waals surface area contributed by atoms with Crippen molar-refractivity contribution in [3.05, 3.63) is 63.7 Å². The Labute approximate surface area is 183 Å². The van der Waals surface area contributed by atoms with Crippen molar-refractivity contribution in [2.45, 2.75) is 45.5 Å². The van der Waals surface area contributed by atoms with Crippen molar-refractivity contribution < 1.29 is 17.9 Å². The first kappa shape index (κ1) is 22.3. The van der Waals surface area contributed by atoms with E-state index in [-0.39, 0.29) is 5.56 Å². The molecule has 1 fully saturated rings. The lowest BCUT2D eigenvalue weighted by Gasteiger charge is -2.23. The number of anilines is 1. The Balaban J connectivity index is 1.67. The molecule has 4 rings (SSSR count). The van der Waals surface area contributed by atoms with Crippen LogP contribution >= 0.6 is 0 Å². The quantitative estimate of drug-likeness (QED) is 0.614. The van der Waals surface area contributed by atoms with Crippen molar-refractivity contribution in [3.8, 4) is 0 Å². The number of halogens is 3. The van der Waals surface area contributed by atoms with Crippen molar-refractivity contribution in [1.29, 1.82) is 0 Å². The molecule has 3 aromatic rings. The van der Waals surface area contributed by atoms with Crippen LogP contribution in [0.25, 0.3) is 10.8 Å². The van der Waals surface area contributed by atoms with E-state index in [2.05, 4.69) is 15.5 Å². The molecule has 0 spiro atoms. The van der Waals surface area contributed by atoms with Gasteiger partial charge in [-0.3, -0.25) is 4.79 Å². The van der Waals surface area contributed by atoms with Gasteiger partial charge in [0.05, 0.1) is 17.3 Å². The molecular formula is C23H25F3N4O2. The van der Waals surface area contributed by atoms with E-state index in [1.54, 1.807) is 36.7 Å². The highest BCUT2D eigenvalue weighted by atomic mass is 19.4. The van der Waals surface area contributed by atoms with E-state index in [4.69, 9.17) is 4.74 Å². The number of fused-ring (bicyclic) bond motifs is 1. The van der Waals surface area contributed by atoms with Crippen molar-refractivity contribution in [1.82, 2.24) is 14.8 Å². The highest BCUT2D eigenvalue weighted by molar-refractivity contribution is 5.92. The third-order valence-corrected chi connectivity index (χ3v) is 5.93. The zero-order valence-electron chi connectivity index (χ0n) is 17.9. The summed E-state index contributed by atoms with van der Waals surface area (Å²) in [4.78, 5) is 12.7. The summed E-state index contributed by atoms with van der Waals surface area (Å²) in [6, 6.07) is 6.31. The van der Waals surface area contributed by atoms with Gasteiger partial charge in [-0.25, -0.2) is 0 Å². The molecule has 1 aliphatic rings. The summed E-state index contributed by atoms with van der Waals surface area (Å²) in [7, 11) is 0. The Bertz CT molecular complexity index is 1170. The number of ether oxygens (including phenoxy) is 1. The molecule has 1 aromatic carbocycles. The van der Waals surface area contributed by atoms with E-state index in [1.807, 2.05) is 0 Å². The number of rotatable bonds is 5. The number of nitrogens with one attached hydrogen (secondary N) is 1. The lowest BCUT2D eigenvalue weighted by molar-refractivity contribution is -0.137. The summed E-state index contributed by atoms with van der Waals surface area (Å²) in [5.41, 5.74) is 0.282. The number of hydrogen-bond donors (Lipinski definition) is 1. The molecule has 1 saturated heterocycles. The van der Waals surface area contributed by atoms with Gasteiger partial charge in [0, 0.05) is 42.8 Å². The zero-order valence-corrected chi connectivity index (χ0v) is 17.9. The van der Waals surface area contributed by atoms with Crippen LogP contribution in [-0.4, -0.2) is 28.0 Å². The number of pyridine rings is 1. The number of aromatic nitrogens is 3. The van der Waals surface area contributed by atoms with Crippen LogP contribution in [0.4, 0.5) is 19.0 Å². The van der Waals surface area contributed by atoms with Crippen molar-refractivity contribution in [3.63, 3.8) is 0 Å². The van der Waals surface area contributed by atoms with Gasteiger partial charge in [0.25, 0.3) is 5.56 Å². The van der Waals surface area contributed by atoms with Crippen molar-refractivity contribution in [2.75, 3.05) is 18.5 Å². The molecule has 3 heterocycles. The van der Waals surface area contributed by atoms with Crippen molar-refractivity contribution >= 4 is 16.6 Å². The Morgan fingerprint density at radius 1 is 1.19 bits per heavy atom. The van der Waals surface area contributed by atoms with Gasteiger partial charge >= 0.3 is 6.18 Å². The van der Waals surface area contributed by atoms with Crippen LogP contribution in [0.1, 0.15) is 42.6 Å². The summed E-state index contributed by atoms with van der Waals surface area (Å²) >= 11 is 0. The van der Waals surface area contributed by atoms with Crippen LogP contribution in [0.3, 0.4) is 0 Å². The predicted molar refractivity (Wildman–Crippen MR) is 116 cm³/mol. The molecule has 1 N–H and O–H groups in total. The summed E-state index contributed by atoms with van der Waals surface area (Å²) in [5, 5.41) is 12.9. The van der Waals surface area contributed by atoms with E-state index in [0.29, 0.717) is 53.5 Å². The lowest BCUT2D eigenvalue weighted by atomic mass is 10.00. The van der Waals surface area contributed by atoms with Gasteiger partial charge in [0.1, 0.15) is 0 Å². The van der Waals surface area contributed by atoms with Crippen LogP contribution in [0.5, 0.6) is 0 Å². The number of hydrogen-bond acceptors (Lipinski definition) is 5. The Hall–Kier alpha value is -2.94. The first-order valence-corrected chi connectivity index (χ1v) is 10.6. The second-order valence-corrected chi connectivity index (χ2v) is 8.27. The lowest BCUT2D eigenvalue weighted by Crippen LogP contribution is -2.27. The standard InChI is InChI=1S/C23H25F3N4O2/c1-14(17-4-3-5-18(10-17)23(24,25)26)27-22-20-13-30(12-16-6-8-32-9-7-16)21(31)11-19(20)15(2)28-29-22/h3-5,10-11,13-14,16H,6-9,12H2,1-2H3,(H,27,29)/t14-/m1/s1. The Morgan fingerprint density at radius 2 is 1.94 bits per heavy atom. The van der Waals surface area contributed by atoms with Crippen molar-refractivity contribution in [2.24, 2.45) is 5.92 Å². The van der Waals surface area contributed by atoms with E-state index in [9.17, 15) is 18.0 Å². The average Bonchev–Trinajstić information content (AvgIpc) is 2.77. The molecule has 0 amide bonds. The molecular weight excluding hydrogens is 421 g/mol. The molecule has 2 aromatic heterocycles. The molecule has 32 heavy (non-hydrogen) atoms. The molecule has 0 aliphatic carbocycles. The molecule has 1 atom stereocenters. The highest BCUT2D eigenvalue weighted by Gasteiger charge is 2.30. The van der Waals surface area contributed by atoms with Gasteiger partial charge in [-0.1, -0.05) is 12.1 Å². The minimum Gasteiger partial charge on any atom is -0.381 e. The molecule has 6 nitrogen and oxygen atoms in total. The van der Waals surface area contributed by atoms with E-state index < -0.39 is 17.8 Å². The fourth-order valence-electron chi connectivity index (χ4n) is 4.02. The number of alkyl halides is 3. The summed E-state index contributed by atoms with van der Waals surface area (Å²) in [6.45, 7) is 5.51. The SMILES string of the molecule is Cc1nnc(N[C@H](C)c2cccc(C(F)(F)F)c2)c2cn(CC3CCOCC3)c(=O)cc12. The normalized spacial score (nSPS) is 16.3. The molecule has 1 aliphatic heterocycles. The third-order valence-electron chi connectivity index (χ3n) is 5.93. The average molecular weight is 446 g/mol. The van der Waals surface area contributed by atoms with Gasteiger partial charge in [0.15, 0.2) is 5.82 Å². The van der Waals surface area contributed by atoms with Gasteiger partial charge in [-0.15, -0.1) is 5.10 Å². The summed E-state index contributed by atoms with van der Waals surface area (Å²) < 4.78 is 46.4. The molecule has 0 unspecified atom stereocenters. The van der Waals surface area contributed by atoms with Gasteiger partial charge in [-0.05, 0) is 50.3 Å². The summed E-state index contributed by atoms with van der Waals surface area (Å²) in [5.74, 6) is 0.784. The minimum atomic E-state index is -4.41. The second kappa shape index (κ2) is 8.90. The summed E-state index contributed by atoms with van der Waals surface area (Å²) in [6.07, 6.45) is -0.839. The van der Waals surface area contributed by atoms with Crippen LogP contribution in [0, 0.1) is 12.8 Å². The zero-order chi connectivity index (χ0) is 22.9. The van der Waals surface area contributed by atoms with E-state index >= 15 is 0 Å². The van der Waals surface area contributed by atoms with Crippen LogP contribution < -0.4 is 10.9 Å². The minimum absolute atomic E-state index is 0.114. The van der Waals surface area contributed by atoms with Crippen LogP contribution in [0.2, 0.25) is 0 Å². The Kier molecular flexibility index (Phi) is 6.19. The number of aryl methyl sites for hydroxylation is 1. The number of nitrogens with zero attached hydrogens (tertiary/aromatic N) is 3. The second-order valence-electron chi connectivity index (χ2n) is 8.27. The fourth-order valence-corrected chi connectivity index (χ4v) is 4.02. The Morgan fingerprint density at radius 3 is 2.66 bits per heavy atom. The van der Waals surface area contributed by atoms with E-state index in [1.165, 1.54) is 6.07 Å². The smallest absolute Gasteiger partial charge is 0.381 e. The maximum absolute atomic E-state index is 13.1. The first-order valence-electron chi connectivity index (χ1n) is 10.6. The monoisotopic (exact) mass is 446 g/mol. The largest absolute Gasteiger partial charge is 0.416 e. The first-order chi connectivity index (χ1) is 15.2. The third kappa shape index (κ3) is 4.77. The molecule has 170 valence electrons. The van der Waals surface area contributed by atoms with E-state index in [0.717, 1.165) is 25.0 Å². The molecule has 9 heteroatoms.